The molecule has 30 heavy (non-hydrogen) atoms. The fourth-order valence-corrected chi connectivity index (χ4v) is 3.89. The molecule has 8 nitrogen and oxygen atoms in total. The average molecular weight is 437 g/mol. The first-order valence-corrected chi connectivity index (χ1v) is 9.59. The van der Waals surface area contributed by atoms with E-state index in [-0.39, 0.29) is 41.7 Å². The lowest BCUT2D eigenvalue weighted by molar-refractivity contribution is 0.00645. The molecule has 1 N–H and O–H groups in total. The Kier molecular flexibility index (Phi) is 5.29. The maximum absolute atomic E-state index is 13.8. The van der Waals surface area contributed by atoms with Crippen LogP contribution in [0.25, 0.3) is 0 Å². The van der Waals surface area contributed by atoms with E-state index in [0.29, 0.717) is 12.7 Å². The van der Waals surface area contributed by atoms with Gasteiger partial charge in [-0.1, -0.05) is 6.07 Å². The third kappa shape index (κ3) is 3.36. The summed E-state index contributed by atoms with van der Waals surface area (Å²) in [5.74, 6) is -3.03. The first kappa shape index (κ1) is 20.4. The van der Waals surface area contributed by atoms with Crippen molar-refractivity contribution in [2.75, 3.05) is 6.61 Å². The number of ether oxygens (including phenoxy) is 1. The molecule has 1 saturated heterocycles. The van der Waals surface area contributed by atoms with E-state index in [1.807, 2.05) is 16.4 Å². The third-order valence-corrected chi connectivity index (χ3v) is 5.40. The van der Waals surface area contributed by atoms with Crippen LogP contribution in [0.4, 0.5) is 8.78 Å². The summed E-state index contributed by atoms with van der Waals surface area (Å²) in [6, 6.07) is 2.82. The number of hydrogen-bond acceptors (Lipinski definition) is 5. The minimum absolute atomic E-state index is 0.0322. The van der Waals surface area contributed by atoms with Crippen LogP contribution in [-0.4, -0.2) is 40.2 Å². The van der Waals surface area contributed by atoms with Crippen LogP contribution >= 0.6 is 9.47 Å². The predicted molar refractivity (Wildman–Crippen MR) is 104 cm³/mol. The Labute approximate surface area is 172 Å². The van der Waals surface area contributed by atoms with Gasteiger partial charge in [-0.3, -0.25) is 14.4 Å². The molecule has 11 heteroatoms. The summed E-state index contributed by atoms with van der Waals surface area (Å²) < 4.78 is 39.0. The summed E-state index contributed by atoms with van der Waals surface area (Å²) in [6.45, 7) is 2.17. The zero-order valence-corrected chi connectivity index (χ0v) is 17.0. The van der Waals surface area contributed by atoms with Crippen molar-refractivity contribution in [3.63, 3.8) is 0 Å². The molecule has 2 amide bonds. The molecule has 0 radical (unpaired) electrons. The maximum Gasteiger partial charge on any atom is 0.276 e. The average Bonchev–Trinajstić information content (AvgIpc) is 3.08. The van der Waals surface area contributed by atoms with Crippen LogP contribution in [0.15, 0.2) is 29.2 Å². The normalized spacial score (nSPS) is 20.0. The minimum Gasteiger partial charge on any atom is -0.474 e. The highest BCUT2D eigenvalue weighted by molar-refractivity contribution is 7.10. The number of amides is 2. The lowest BCUT2D eigenvalue weighted by Gasteiger charge is -2.34. The van der Waals surface area contributed by atoms with Gasteiger partial charge in [0.1, 0.15) is 17.2 Å². The van der Waals surface area contributed by atoms with Crippen molar-refractivity contribution in [1.82, 2.24) is 14.8 Å². The van der Waals surface area contributed by atoms with Gasteiger partial charge in [0.25, 0.3) is 11.8 Å². The molecular formula is C19H18F2N3O5P. The largest absolute Gasteiger partial charge is 0.474 e. The monoisotopic (exact) mass is 437 g/mol. The molecule has 0 saturated carbocycles. The number of fused-ring (bicyclic) bond motifs is 2. The number of carbonyl (C=O) groups excluding carboxylic acids is 2. The third-order valence-electron chi connectivity index (χ3n) is 5.16. The molecule has 0 spiro atoms. The molecule has 1 aromatic carbocycles. The van der Waals surface area contributed by atoms with Crippen LogP contribution in [0.5, 0.6) is 5.75 Å². The van der Waals surface area contributed by atoms with Crippen LogP contribution in [-0.2, 0) is 17.8 Å². The molecule has 3 atom stereocenters. The second-order valence-electron chi connectivity index (χ2n) is 7.09. The number of halogens is 2. The van der Waals surface area contributed by atoms with Crippen molar-refractivity contribution in [1.29, 1.82) is 0 Å². The lowest BCUT2D eigenvalue weighted by atomic mass is 10.1. The Morgan fingerprint density at radius 3 is 2.83 bits per heavy atom. The fourth-order valence-electron chi connectivity index (χ4n) is 3.67. The van der Waals surface area contributed by atoms with Gasteiger partial charge in [-0.15, -0.1) is 0 Å². The Morgan fingerprint density at radius 1 is 1.37 bits per heavy atom. The standard InChI is InChI=1S/C19H18F2N3O5P/c1-9-8-28-14-7-23-6-12(16(25)17(29-30)15(23)19(27)24(9)14)18(26)22-5-10-2-3-11(20)4-13(10)21/h2-4,6,9,14H,5,7-8,30H2,1H3,(H,22,26)/t9-,14+/m0/s1. The summed E-state index contributed by atoms with van der Waals surface area (Å²) in [4.78, 5) is 39.9. The molecule has 1 aromatic heterocycles. The highest BCUT2D eigenvalue weighted by atomic mass is 31.0. The zero-order valence-electron chi connectivity index (χ0n) is 15.9. The second kappa shape index (κ2) is 7.77. The maximum atomic E-state index is 13.8. The van der Waals surface area contributed by atoms with Gasteiger partial charge in [0, 0.05) is 24.4 Å². The molecule has 3 heterocycles. The van der Waals surface area contributed by atoms with Gasteiger partial charge in [0.05, 0.1) is 28.7 Å². The lowest BCUT2D eigenvalue weighted by Crippen LogP contribution is -2.49. The van der Waals surface area contributed by atoms with Gasteiger partial charge in [-0.25, -0.2) is 8.78 Å². The Morgan fingerprint density at radius 2 is 2.13 bits per heavy atom. The number of benzene rings is 1. The second-order valence-corrected chi connectivity index (χ2v) is 7.32. The quantitative estimate of drug-likeness (QED) is 0.731. The smallest absolute Gasteiger partial charge is 0.276 e. The van der Waals surface area contributed by atoms with Crippen LogP contribution in [0, 0.1) is 11.6 Å². The number of nitrogens with one attached hydrogen (secondary N) is 1. The Hall–Kier alpha value is -2.84. The number of carbonyl (C=O) groups is 2. The van der Waals surface area contributed by atoms with Crippen molar-refractivity contribution in [2.45, 2.75) is 32.3 Å². The van der Waals surface area contributed by atoms with Gasteiger partial charge in [-0.2, -0.15) is 0 Å². The van der Waals surface area contributed by atoms with Crippen LogP contribution in [0.3, 0.4) is 0 Å². The zero-order chi connectivity index (χ0) is 21.6. The first-order chi connectivity index (χ1) is 14.3. The molecule has 2 aromatic rings. The van der Waals surface area contributed by atoms with Gasteiger partial charge in [0.15, 0.2) is 17.7 Å². The number of pyridine rings is 1. The van der Waals surface area contributed by atoms with E-state index in [1.165, 1.54) is 16.8 Å². The SMILES string of the molecule is C[C@H]1CO[C@@H]2Cn3cc(C(=O)NCc4ccc(F)cc4F)c(=O)c(OP)c3C(=O)N12. The van der Waals surface area contributed by atoms with E-state index in [0.717, 1.165) is 6.07 Å². The van der Waals surface area contributed by atoms with Crippen molar-refractivity contribution >= 4 is 21.3 Å². The summed E-state index contributed by atoms with van der Waals surface area (Å²) in [6.07, 6.45) is 0.757. The van der Waals surface area contributed by atoms with Gasteiger partial charge in [0.2, 0.25) is 5.43 Å². The molecule has 0 bridgehead atoms. The number of aromatic nitrogens is 1. The number of nitrogens with zero attached hydrogens (tertiary/aromatic N) is 2. The van der Waals surface area contributed by atoms with Crippen LogP contribution in [0.2, 0.25) is 0 Å². The van der Waals surface area contributed by atoms with E-state index in [1.54, 1.807) is 4.90 Å². The predicted octanol–water partition coefficient (Wildman–Crippen LogP) is 1.43. The van der Waals surface area contributed by atoms with Gasteiger partial charge >= 0.3 is 0 Å². The fraction of sp³-hybridized carbons (Fsp3) is 0.316. The Bertz CT molecular complexity index is 1110. The molecule has 158 valence electrons. The van der Waals surface area contributed by atoms with Crippen molar-refractivity contribution in [3.05, 3.63) is 63.1 Å². The molecule has 2 aliphatic rings. The van der Waals surface area contributed by atoms with Crippen molar-refractivity contribution < 1.29 is 27.6 Å². The van der Waals surface area contributed by atoms with Crippen LogP contribution < -0.4 is 15.3 Å². The Balaban J connectivity index is 1.66. The van der Waals surface area contributed by atoms with Gasteiger partial charge < -0.3 is 24.0 Å². The highest BCUT2D eigenvalue weighted by Gasteiger charge is 2.43. The van der Waals surface area contributed by atoms with Crippen molar-refractivity contribution in [3.8, 4) is 5.75 Å². The van der Waals surface area contributed by atoms with Crippen molar-refractivity contribution in [2.24, 2.45) is 0 Å². The topological polar surface area (TPSA) is 89.9 Å². The van der Waals surface area contributed by atoms with Crippen LogP contribution in [0.1, 0.15) is 33.3 Å². The molecule has 0 aliphatic carbocycles. The van der Waals surface area contributed by atoms with E-state index < -0.39 is 35.1 Å². The summed E-state index contributed by atoms with van der Waals surface area (Å²) >= 11 is 0. The summed E-state index contributed by atoms with van der Waals surface area (Å²) in [5, 5.41) is 2.44. The number of hydrogen-bond donors (Lipinski definition) is 1. The number of rotatable bonds is 4. The molecule has 4 rings (SSSR count). The summed E-state index contributed by atoms with van der Waals surface area (Å²) in [5.41, 5.74) is -0.951. The van der Waals surface area contributed by atoms with E-state index >= 15 is 0 Å². The van der Waals surface area contributed by atoms with Gasteiger partial charge in [-0.05, 0) is 13.0 Å². The molecular weight excluding hydrogens is 419 g/mol. The summed E-state index contributed by atoms with van der Waals surface area (Å²) in [7, 11) is 1.91. The van der Waals surface area contributed by atoms with E-state index in [2.05, 4.69) is 5.32 Å². The molecule has 1 unspecified atom stereocenters. The van der Waals surface area contributed by atoms with E-state index in [9.17, 15) is 23.2 Å². The molecule has 2 aliphatic heterocycles. The minimum atomic E-state index is -0.815. The first-order valence-electron chi connectivity index (χ1n) is 9.12. The highest BCUT2D eigenvalue weighted by Crippen LogP contribution is 2.30. The molecule has 1 fully saturated rings. The van der Waals surface area contributed by atoms with E-state index in [4.69, 9.17) is 9.26 Å².